The monoisotopic (exact) mass is 390 g/mol. The van der Waals surface area contributed by atoms with Crippen molar-refractivity contribution >= 4 is 15.9 Å². The summed E-state index contributed by atoms with van der Waals surface area (Å²) in [5.41, 5.74) is 1.15. The molecule has 1 heterocycles. The number of rotatable bonds is 5. The molecular formula is C19H22N2O5S. The Morgan fingerprint density at radius 1 is 1.07 bits per heavy atom. The molecular weight excluding hydrogens is 368 g/mol. The van der Waals surface area contributed by atoms with Gasteiger partial charge in [0.1, 0.15) is 13.2 Å². The molecule has 0 bridgehead atoms. The fourth-order valence-corrected chi connectivity index (χ4v) is 3.65. The van der Waals surface area contributed by atoms with E-state index in [4.69, 9.17) is 9.47 Å². The highest BCUT2D eigenvalue weighted by Crippen LogP contribution is 2.32. The fourth-order valence-electron chi connectivity index (χ4n) is 2.70. The van der Waals surface area contributed by atoms with Crippen LogP contribution >= 0.6 is 0 Å². The van der Waals surface area contributed by atoms with E-state index in [1.165, 1.54) is 26.2 Å². The molecule has 144 valence electrons. The van der Waals surface area contributed by atoms with Crippen molar-refractivity contribution in [2.75, 3.05) is 27.3 Å². The molecule has 27 heavy (non-hydrogen) atoms. The van der Waals surface area contributed by atoms with Gasteiger partial charge in [0.15, 0.2) is 11.5 Å². The molecule has 3 rings (SSSR count). The molecule has 0 spiro atoms. The summed E-state index contributed by atoms with van der Waals surface area (Å²) < 4.78 is 36.7. The zero-order valence-corrected chi connectivity index (χ0v) is 16.2. The van der Waals surface area contributed by atoms with Gasteiger partial charge in [-0.05, 0) is 42.8 Å². The molecule has 0 saturated carbocycles. The van der Waals surface area contributed by atoms with Gasteiger partial charge < -0.3 is 14.8 Å². The molecule has 0 unspecified atom stereocenters. The van der Waals surface area contributed by atoms with Crippen LogP contribution in [0.1, 0.15) is 28.9 Å². The summed E-state index contributed by atoms with van der Waals surface area (Å²) in [6.45, 7) is 2.86. The highest BCUT2D eigenvalue weighted by Gasteiger charge is 2.20. The Hall–Kier alpha value is -2.58. The normalized spacial score (nSPS) is 14.7. The summed E-state index contributed by atoms with van der Waals surface area (Å²) in [5, 5.41) is 2.88. The van der Waals surface area contributed by atoms with E-state index in [0.29, 0.717) is 24.7 Å². The number of fused-ring (bicyclic) bond motifs is 1. The molecule has 1 aliphatic rings. The third-order valence-electron chi connectivity index (χ3n) is 4.29. The van der Waals surface area contributed by atoms with Crippen LogP contribution in [0.4, 0.5) is 0 Å². The predicted molar refractivity (Wildman–Crippen MR) is 101 cm³/mol. The van der Waals surface area contributed by atoms with Crippen LogP contribution < -0.4 is 14.8 Å². The van der Waals surface area contributed by atoms with Gasteiger partial charge in [-0.2, -0.15) is 0 Å². The molecule has 8 heteroatoms. The molecule has 1 aliphatic heterocycles. The van der Waals surface area contributed by atoms with Crippen LogP contribution in [0, 0.1) is 0 Å². The summed E-state index contributed by atoms with van der Waals surface area (Å²) in [5.74, 6) is 0.984. The van der Waals surface area contributed by atoms with Gasteiger partial charge in [-0.1, -0.05) is 12.1 Å². The number of carbonyl (C=O) groups is 1. The van der Waals surface area contributed by atoms with Gasteiger partial charge in [-0.3, -0.25) is 4.79 Å². The lowest BCUT2D eigenvalue weighted by Crippen LogP contribution is -2.27. The Bertz CT molecular complexity index is 956. The maximum atomic E-state index is 12.6. The average Bonchev–Trinajstić information content (AvgIpc) is 2.67. The zero-order chi connectivity index (χ0) is 19.6. The molecule has 0 saturated heterocycles. The Kier molecular flexibility index (Phi) is 5.38. The van der Waals surface area contributed by atoms with E-state index in [0.717, 1.165) is 9.87 Å². The highest BCUT2D eigenvalue weighted by atomic mass is 32.2. The zero-order valence-electron chi connectivity index (χ0n) is 15.4. The lowest BCUT2D eigenvalue weighted by molar-refractivity contribution is 0.0939. The Morgan fingerprint density at radius 3 is 2.48 bits per heavy atom. The first-order valence-corrected chi connectivity index (χ1v) is 9.96. The van der Waals surface area contributed by atoms with Crippen LogP contribution in [0.2, 0.25) is 0 Å². The first-order valence-electron chi connectivity index (χ1n) is 8.52. The third-order valence-corrected chi connectivity index (χ3v) is 6.10. The van der Waals surface area contributed by atoms with E-state index in [2.05, 4.69) is 5.32 Å². The quantitative estimate of drug-likeness (QED) is 0.846. The van der Waals surface area contributed by atoms with Crippen LogP contribution in [-0.4, -0.2) is 45.9 Å². The van der Waals surface area contributed by atoms with Gasteiger partial charge in [-0.25, -0.2) is 12.7 Å². The maximum absolute atomic E-state index is 12.6. The van der Waals surface area contributed by atoms with Crippen molar-refractivity contribution in [2.24, 2.45) is 0 Å². The molecule has 0 aliphatic carbocycles. The summed E-state index contributed by atoms with van der Waals surface area (Å²) in [4.78, 5) is 12.7. The lowest BCUT2D eigenvalue weighted by Gasteiger charge is -2.21. The van der Waals surface area contributed by atoms with Crippen LogP contribution in [0.15, 0.2) is 47.4 Å². The van der Waals surface area contributed by atoms with Crippen molar-refractivity contribution in [1.82, 2.24) is 9.62 Å². The first kappa shape index (κ1) is 19.2. The van der Waals surface area contributed by atoms with Crippen molar-refractivity contribution in [2.45, 2.75) is 17.9 Å². The number of amides is 1. The van der Waals surface area contributed by atoms with E-state index < -0.39 is 10.0 Å². The van der Waals surface area contributed by atoms with Crippen LogP contribution in [0.3, 0.4) is 0 Å². The van der Waals surface area contributed by atoms with E-state index in [9.17, 15) is 13.2 Å². The second-order valence-electron chi connectivity index (χ2n) is 6.41. The number of sulfonamides is 1. The van der Waals surface area contributed by atoms with Gasteiger partial charge in [0.2, 0.25) is 10.0 Å². The van der Waals surface area contributed by atoms with Crippen LogP contribution in [-0.2, 0) is 10.0 Å². The Morgan fingerprint density at radius 2 is 1.78 bits per heavy atom. The lowest BCUT2D eigenvalue weighted by atomic mass is 10.1. The summed E-state index contributed by atoms with van der Waals surface area (Å²) in [6, 6.07) is 11.2. The highest BCUT2D eigenvalue weighted by molar-refractivity contribution is 7.89. The molecule has 1 amide bonds. The molecule has 7 nitrogen and oxygen atoms in total. The molecule has 2 aromatic carbocycles. The largest absolute Gasteiger partial charge is 0.486 e. The number of hydrogen-bond acceptors (Lipinski definition) is 5. The van der Waals surface area contributed by atoms with Gasteiger partial charge in [-0.15, -0.1) is 0 Å². The van der Waals surface area contributed by atoms with Crippen molar-refractivity contribution in [3.8, 4) is 11.5 Å². The first-order chi connectivity index (χ1) is 12.8. The predicted octanol–water partition coefficient (Wildman–Crippen LogP) is 2.20. The average molecular weight is 390 g/mol. The van der Waals surface area contributed by atoms with Crippen LogP contribution in [0.5, 0.6) is 11.5 Å². The molecule has 0 radical (unpaired) electrons. The standard InChI is InChI=1S/C19H22N2O5S/c1-13(14-7-8-17-18(12-14)26-10-9-25-17)20-19(22)15-5-4-6-16(11-15)27(23,24)21(2)3/h4-8,11-13H,9-10H2,1-3H3,(H,20,22)/t13-/m1/s1. The maximum Gasteiger partial charge on any atom is 0.251 e. The number of hydrogen-bond donors (Lipinski definition) is 1. The minimum Gasteiger partial charge on any atom is -0.486 e. The molecule has 1 atom stereocenters. The van der Waals surface area contributed by atoms with Gasteiger partial charge >= 0.3 is 0 Å². The molecule has 2 aromatic rings. The number of carbonyl (C=O) groups excluding carboxylic acids is 1. The minimum atomic E-state index is -3.60. The van der Waals surface area contributed by atoms with E-state index in [-0.39, 0.29) is 22.4 Å². The smallest absolute Gasteiger partial charge is 0.251 e. The van der Waals surface area contributed by atoms with Crippen molar-refractivity contribution in [1.29, 1.82) is 0 Å². The van der Waals surface area contributed by atoms with Crippen LogP contribution in [0.25, 0.3) is 0 Å². The van der Waals surface area contributed by atoms with Gasteiger partial charge in [0, 0.05) is 19.7 Å². The Balaban J connectivity index is 1.77. The second kappa shape index (κ2) is 7.58. The van der Waals surface area contributed by atoms with Crippen molar-refractivity contribution in [3.63, 3.8) is 0 Å². The molecule has 0 fully saturated rings. The van der Waals surface area contributed by atoms with E-state index in [1.807, 2.05) is 25.1 Å². The summed E-state index contributed by atoms with van der Waals surface area (Å²) in [7, 11) is -0.700. The number of nitrogens with one attached hydrogen (secondary N) is 1. The molecule has 1 N–H and O–H groups in total. The second-order valence-corrected chi connectivity index (χ2v) is 8.57. The minimum absolute atomic E-state index is 0.0760. The van der Waals surface area contributed by atoms with Gasteiger partial charge in [0.25, 0.3) is 5.91 Å². The fraction of sp³-hybridized carbons (Fsp3) is 0.316. The summed E-state index contributed by atoms with van der Waals surface area (Å²) >= 11 is 0. The van der Waals surface area contributed by atoms with Crippen molar-refractivity contribution < 1.29 is 22.7 Å². The molecule has 0 aromatic heterocycles. The van der Waals surface area contributed by atoms with E-state index in [1.54, 1.807) is 12.1 Å². The number of benzene rings is 2. The SMILES string of the molecule is C[C@@H](NC(=O)c1cccc(S(=O)(=O)N(C)C)c1)c1ccc2c(c1)OCCO2. The van der Waals surface area contributed by atoms with Crippen molar-refractivity contribution in [3.05, 3.63) is 53.6 Å². The topological polar surface area (TPSA) is 84.9 Å². The number of nitrogens with zero attached hydrogens (tertiary/aromatic N) is 1. The summed E-state index contributed by atoms with van der Waals surface area (Å²) in [6.07, 6.45) is 0. The number of ether oxygens (including phenoxy) is 2. The van der Waals surface area contributed by atoms with E-state index >= 15 is 0 Å². The van der Waals surface area contributed by atoms with Gasteiger partial charge in [0.05, 0.1) is 10.9 Å². The Labute approximate surface area is 158 Å². The third kappa shape index (κ3) is 4.06.